The number of hydrogen-bond acceptors (Lipinski definition) is 3. The lowest BCUT2D eigenvalue weighted by Gasteiger charge is -2.21. The fraction of sp³-hybridized carbons (Fsp3) is 0.364. The number of benzene rings is 2. The highest BCUT2D eigenvalue weighted by Gasteiger charge is 2.14. The van der Waals surface area contributed by atoms with Gasteiger partial charge in [0.15, 0.2) is 0 Å². The van der Waals surface area contributed by atoms with Crippen LogP contribution in [0.4, 0.5) is 11.4 Å². The van der Waals surface area contributed by atoms with E-state index in [1.54, 1.807) is 30.3 Å². The minimum atomic E-state index is -0.169. The molecule has 0 atom stereocenters. The van der Waals surface area contributed by atoms with Gasteiger partial charge >= 0.3 is 0 Å². The molecular weight excluding hydrogens is 374 g/mol. The predicted octanol–water partition coefficient (Wildman–Crippen LogP) is 4.96. The van der Waals surface area contributed by atoms with E-state index < -0.39 is 0 Å². The van der Waals surface area contributed by atoms with E-state index in [9.17, 15) is 9.59 Å². The van der Waals surface area contributed by atoms with Crippen molar-refractivity contribution in [2.24, 2.45) is 0 Å². The van der Waals surface area contributed by atoms with Crippen LogP contribution in [0.2, 0.25) is 5.02 Å². The van der Waals surface area contributed by atoms with Crippen molar-refractivity contribution in [3.05, 3.63) is 58.6 Å². The maximum atomic E-state index is 12.6. The first-order valence-corrected chi connectivity index (χ1v) is 10.0. The van der Waals surface area contributed by atoms with Crippen LogP contribution in [0.3, 0.4) is 0 Å². The summed E-state index contributed by atoms with van der Waals surface area (Å²) in [4.78, 5) is 26.7. The molecule has 0 aliphatic carbocycles. The Morgan fingerprint density at radius 1 is 1.00 bits per heavy atom. The zero-order valence-corrected chi connectivity index (χ0v) is 17.5. The second-order valence-electron chi connectivity index (χ2n) is 6.73. The number of aryl methyl sites for hydroxylation is 1. The fourth-order valence-corrected chi connectivity index (χ4v) is 3.07. The molecule has 2 aromatic rings. The third-order valence-corrected chi connectivity index (χ3v) is 4.56. The number of carbonyl (C=O) groups excluding carboxylic acids is 2. The highest BCUT2D eigenvalue weighted by Crippen LogP contribution is 2.20. The summed E-state index contributed by atoms with van der Waals surface area (Å²) in [6.45, 7) is 7.70. The van der Waals surface area contributed by atoms with Crippen LogP contribution in [0, 0.1) is 6.92 Å². The highest BCUT2D eigenvalue weighted by molar-refractivity contribution is 6.30. The molecule has 0 fully saturated rings. The van der Waals surface area contributed by atoms with Crippen molar-refractivity contribution in [2.75, 3.05) is 30.3 Å². The summed E-state index contributed by atoms with van der Waals surface area (Å²) in [7, 11) is 0. The molecule has 2 aromatic carbocycles. The number of nitrogens with one attached hydrogen (secondary N) is 2. The zero-order valence-electron chi connectivity index (χ0n) is 16.7. The first-order chi connectivity index (χ1) is 13.4. The largest absolute Gasteiger partial charge is 0.376 e. The molecule has 0 aliphatic heterocycles. The van der Waals surface area contributed by atoms with E-state index in [1.807, 2.05) is 24.0 Å². The van der Waals surface area contributed by atoms with Gasteiger partial charge in [0.25, 0.3) is 5.91 Å². The van der Waals surface area contributed by atoms with E-state index in [0.717, 1.165) is 37.2 Å². The van der Waals surface area contributed by atoms with Gasteiger partial charge in [-0.15, -0.1) is 0 Å². The molecule has 0 spiro atoms. The minimum absolute atomic E-state index is 0.0275. The lowest BCUT2D eigenvalue weighted by atomic mass is 10.1. The van der Waals surface area contributed by atoms with Gasteiger partial charge < -0.3 is 15.5 Å². The molecule has 5 nitrogen and oxygen atoms in total. The first kappa shape index (κ1) is 21.8. The van der Waals surface area contributed by atoms with E-state index in [4.69, 9.17) is 11.6 Å². The molecular formula is C22H28ClN3O2. The molecule has 2 rings (SSSR count). The quantitative estimate of drug-likeness (QED) is 0.624. The Labute approximate surface area is 172 Å². The van der Waals surface area contributed by atoms with Crippen molar-refractivity contribution in [1.82, 2.24) is 4.90 Å². The summed E-state index contributed by atoms with van der Waals surface area (Å²) in [6.07, 6.45) is 1.86. The van der Waals surface area contributed by atoms with Gasteiger partial charge in [-0.25, -0.2) is 0 Å². The van der Waals surface area contributed by atoms with Crippen molar-refractivity contribution in [2.45, 2.75) is 33.6 Å². The SMILES string of the molecule is CCCN(CCC)C(=O)c1ccc(NC(=O)CNc2cc(Cl)ccc2C)cc1. The average Bonchev–Trinajstić information content (AvgIpc) is 2.68. The number of amides is 2. The Bertz CT molecular complexity index is 800. The summed E-state index contributed by atoms with van der Waals surface area (Å²) in [5.74, 6) is -0.142. The van der Waals surface area contributed by atoms with Crippen molar-refractivity contribution >= 4 is 34.8 Å². The molecule has 6 heteroatoms. The summed E-state index contributed by atoms with van der Waals surface area (Å²) in [5.41, 5.74) is 3.13. The highest BCUT2D eigenvalue weighted by atomic mass is 35.5. The second kappa shape index (κ2) is 10.7. The molecule has 2 N–H and O–H groups in total. The van der Waals surface area contributed by atoms with Gasteiger partial charge in [0.2, 0.25) is 5.91 Å². The summed E-state index contributed by atoms with van der Waals surface area (Å²) < 4.78 is 0. The van der Waals surface area contributed by atoms with Gasteiger partial charge in [-0.1, -0.05) is 31.5 Å². The van der Waals surface area contributed by atoms with Crippen LogP contribution in [0.25, 0.3) is 0 Å². The Hall–Kier alpha value is -2.53. The first-order valence-electron chi connectivity index (χ1n) is 9.63. The van der Waals surface area contributed by atoms with E-state index >= 15 is 0 Å². The lowest BCUT2D eigenvalue weighted by Crippen LogP contribution is -2.32. The van der Waals surface area contributed by atoms with Gasteiger partial charge in [0.05, 0.1) is 6.54 Å². The molecule has 0 saturated heterocycles. The molecule has 0 heterocycles. The van der Waals surface area contributed by atoms with E-state index in [-0.39, 0.29) is 18.4 Å². The number of hydrogen-bond donors (Lipinski definition) is 2. The third kappa shape index (κ3) is 6.27. The number of carbonyl (C=O) groups is 2. The molecule has 0 aliphatic rings. The van der Waals surface area contributed by atoms with Gasteiger partial charge in [-0.2, -0.15) is 0 Å². The zero-order chi connectivity index (χ0) is 20.5. The molecule has 0 bridgehead atoms. The molecule has 0 unspecified atom stereocenters. The number of halogens is 1. The summed E-state index contributed by atoms with van der Waals surface area (Å²) >= 11 is 5.99. The van der Waals surface area contributed by atoms with Gasteiger partial charge in [0.1, 0.15) is 0 Å². The van der Waals surface area contributed by atoms with E-state index in [2.05, 4.69) is 24.5 Å². The van der Waals surface area contributed by atoms with E-state index in [0.29, 0.717) is 16.3 Å². The van der Waals surface area contributed by atoms with Gasteiger partial charge in [-0.3, -0.25) is 9.59 Å². The smallest absolute Gasteiger partial charge is 0.253 e. The maximum absolute atomic E-state index is 12.6. The van der Waals surface area contributed by atoms with Crippen LogP contribution >= 0.6 is 11.6 Å². The topological polar surface area (TPSA) is 61.4 Å². The van der Waals surface area contributed by atoms with Crippen LogP contribution < -0.4 is 10.6 Å². The Kier molecular flexibility index (Phi) is 8.33. The monoisotopic (exact) mass is 401 g/mol. The fourth-order valence-electron chi connectivity index (χ4n) is 2.90. The predicted molar refractivity (Wildman–Crippen MR) is 116 cm³/mol. The maximum Gasteiger partial charge on any atom is 0.253 e. The minimum Gasteiger partial charge on any atom is -0.376 e. The number of anilines is 2. The van der Waals surface area contributed by atoms with E-state index in [1.165, 1.54) is 0 Å². The van der Waals surface area contributed by atoms with Gasteiger partial charge in [0, 0.05) is 35.1 Å². The lowest BCUT2D eigenvalue weighted by molar-refractivity contribution is -0.114. The molecule has 0 aromatic heterocycles. The summed E-state index contributed by atoms with van der Waals surface area (Å²) in [5, 5.41) is 6.54. The molecule has 2 amide bonds. The van der Waals surface area contributed by atoms with Crippen LogP contribution in [0.5, 0.6) is 0 Å². The van der Waals surface area contributed by atoms with Crippen molar-refractivity contribution in [3.63, 3.8) is 0 Å². The van der Waals surface area contributed by atoms with Crippen LogP contribution in [0.15, 0.2) is 42.5 Å². The Balaban J connectivity index is 1.93. The molecule has 150 valence electrons. The van der Waals surface area contributed by atoms with Gasteiger partial charge in [-0.05, 0) is 61.7 Å². The normalized spacial score (nSPS) is 10.4. The Morgan fingerprint density at radius 2 is 1.64 bits per heavy atom. The number of nitrogens with zero attached hydrogens (tertiary/aromatic N) is 1. The Morgan fingerprint density at radius 3 is 2.25 bits per heavy atom. The standard InChI is InChI=1S/C22H28ClN3O2/c1-4-12-26(13-5-2)22(28)17-7-10-19(11-8-17)25-21(27)15-24-20-14-18(23)9-6-16(20)3/h6-11,14,24H,4-5,12-13,15H2,1-3H3,(H,25,27). The van der Waals surface area contributed by atoms with Crippen molar-refractivity contribution < 1.29 is 9.59 Å². The second-order valence-corrected chi connectivity index (χ2v) is 7.17. The summed E-state index contributed by atoms with van der Waals surface area (Å²) in [6, 6.07) is 12.5. The molecule has 0 radical (unpaired) electrons. The van der Waals surface area contributed by atoms with Crippen LogP contribution in [-0.4, -0.2) is 36.3 Å². The van der Waals surface area contributed by atoms with Crippen LogP contribution in [-0.2, 0) is 4.79 Å². The molecule has 0 saturated carbocycles. The third-order valence-electron chi connectivity index (χ3n) is 4.33. The molecule has 28 heavy (non-hydrogen) atoms. The average molecular weight is 402 g/mol. The van der Waals surface area contributed by atoms with Crippen molar-refractivity contribution in [3.8, 4) is 0 Å². The number of rotatable bonds is 9. The van der Waals surface area contributed by atoms with Crippen LogP contribution in [0.1, 0.15) is 42.6 Å². The van der Waals surface area contributed by atoms with Crippen molar-refractivity contribution in [1.29, 1.82) is 0 Å².